The normalized spacial score (nSPS) is 9.93. The minimum Gasteiger partial charge on any atom is -0.462 e. The van der Waals surface area contributed by atoms with Gasteiger partial charge in [0, 0.05) is 0 Å². The lowest BCUT2D eigenvalue weighted by Crippen LogP contribution is -2.07. The van der Waals surface area contributed by atoms with E-state index in [2.05, 4.69) is 0 Å². The van der Waals surface area contributed by atoms with Crippen molar-refractivity contribution in [2.45, 2.75) is 13.8 Å². The van der Waals surface area contributed by atoms with Gasteiger partial charge in [0.25, 0.3) is 0 Å². The van der Waals surface area contributed by atoms with Gasteiger partial charge in [0.1, 0.15) is 0 Å². The molecule has 0 aliphatic heterocycles. The minimum atomic E-state index is -0.437. The van der Waals surface area contributed by atoms with Crippen LogP contribution in [0.25, 0.3) is 0 Å². The molecule has 3 nitrogen and oxygen atoms in total. The molecule has 4 heteroatoms. The van der Waals surface area contributed by atoms with E-state index in [4.69, 9.17) is 22.1 Å². The van der Waals surface area contributed by atoms with Crippen molar-refractivity contribution in [2.24, 2.45) is 0 Å². The molecule has 2 N–H and O–H groups in total. The zero-order valence-corrected chi connectivity index (χ0v) is 8.89. The number of rotatable bonds is 2. The molecule has 0 radical (unpaired) electrons. The summed E-state index contributed by atoms with van der Waals surface area (Å²) >= 11 is 5.87. The SMILES string of the molecule is CCOC(=O)c1cc(C)cc(N)c1Cl. The Morgan fingerprint density at radius 1 is 1.57 bits per heavy atom. The maximum absolute atomic E-state index is 11.4. The summed E-state index contributed by atoms with van der Waals surface area (Å²) in [6, 6.07) is 3.38. The molecular formula is C10H12ClNO2. The fraction of sp³-hybridized carbons (Fsp3) is 0.300. The molecule has 0 aromatic heterocycles. The Morgan fingerprint density at radius 3 is 2.79 bits per heavy atom. The molecule has 0 atom stereocenters. The molecular weight excluding hydrogens is 202 g/mol. The van der Waals surface area contributed by atoms with Crippen LogP contribution in [0.15, 0.2) is 12.1 Å². The smallest absolute Gasteiger partial charge is 0.339 e. The zero-order chi connectivity index (χ0) is 10.7. The minimum absolute atomic E-state index is 0.258. The summed E-state index contributed by atoms with van der Waals surface area (Å²) in [5.41, 5.74) is 7.22. The highest BCUT2D eigenvalue weighted by atomic mass is 35.5. The van der Waals surface area contributed by atoms with Gasteiger partial charge in [0.15, 0.2) is 0 Å². The molecule has 0 saturated heterocycles. The van der Waals surface area contributed by atoms with Crippen molar-refractivity contribution in [3.8, 4) is 0 Å². The summed E-state index contributed by atoms with van der Waals surface area (Å²) < 4.78 is 4.84. The Kier molecular flexibility index (Phi) is 3.36. The van der Waals surface area contributed by atoms with Gasteiger partial charge in [-0.3, -0.25) is 0 Å². The van der Waals surface area contributed by atoms with Gasteiger partial charge < -0.3 is 10.5 Å². The van der Waals surface area contributed by atoms with Gasteiger partial charge in [0.2, 0.25) is 0 Å². The van der Waals surface area contributed by atoms with Crippen LogP contribution in [0.2, 0.25) is 5.02 Å². The van der Waals surface area contributed by atoms with Crippen LogP contribution in [0.1, 0.15) is 22.8 Å². The molecule has 1 aromatic rings. The molecule has 14 heavy (non-hydrogen) atoms. The van der Waals surface area contributed by atoms with Crippen LogP contribution in [-0.2, 0) is 4.74 Å². The fourth-order valence-corrected chi connectivity index (χ4v) is 1.34. The summed E-state index contributed by atoms with van der Waals surface area (Å²) in [6.45, 7) is 3.91. The van der Waals surface area contributed by atoms with Crippen molar-refractivity contribution in [3.63, 3.8) is 0 Å². The highest BCUT2D eigenvalue weighted by molar-refractivity contribution is 6.36. The van der Waals surface area contributed by atoms with Crippen LogP contribution in [0, 0.1) is 6.92 Å². The van der Waals surface area contributed by atoms with Crippen molar-refractivity contribution >= 4 is 23.3 Å². The van der Waals surface area contributed by atoms with Crippen LogP contribution < -0.4 is 5.73 Å². The molecule has 0 spiro atoms. The second-order valence-corrected chi connectivity index (χ2v) is 3.31. The van der Waals surface area contributed by atoms with Crippen molar-refractivity contribution in [1.29, 1.82) is 0 Å². The Hall–Kier alpha value is -1.22. The average Bonchev–Trinajstić information content (AvgIpc) is 2.11. The standard InChI is InChI=1S/C10H12ClNO2/c1-3-14-10(13)7-4-6(2)5-8(12)9(7)11/h4-5H,3,12H2,1-2H3. The summed E-state index contributed by atoms with van der Waals surface area (Å²) in [7, 11) is 0. The topological polar surface area (TPSA) is 52.3 Å². The molecule has 76 valence electrons. The van der Waals surface area contributed by atoms with Crippen LogP contribution in [0.5, 0.6) is 0 Å². The lowest BCUT2D eigenvalue weighted by atomic mass is 10.1. The number of esters is 1. The number of hydrogen-bond donors (Lipinski definition) is 1. The number of ether oxygens (including phenoxy) is 1. The quantitative estimate of drug-likeness (QED) is 0.606. The molecule has 0 unspecified atom stereocenters. The molecule has 0 amide bonds. The fourth-order valence-electron chi connectivity index (χ4n) is 1.15. The predicted octanol–water partition coefficient (Wildman–Crippen LogP) is 2.41. The van der Waals surface area contributed by atoms with Crippen LogP contribution in [-0.4, -0.2) is 12.6 Å². The van der Waals surface area contributed by atoms with E-state index in [1.165, 1.54) is 0 Å². The molecule has 1 aromatic carbocycles. The number of nitrogens with two attached hydrogens (primary N) is 1. The highest BCUT2D eigenvalue weighted by Crippen LogP contribution is 2.25. The Labute approximate surface area is 87.8 Å². The molecule has 0 aliphatic carbocycles. The van der Waals surface area contributed by atoms with Gasteiger partial charge in [-0.2, -0.15) is 0 Å². The average molecular weight is 214 g/mol. The Balaban J connectivity index is 3.13. The van der Waals surface area contributed by atoms with E-state index < -0.39 is 5.97 Å². The first-order valence-electron chi connectivity index (χ1n) is 4.29. The molecule has 0 fully saturated rings. The van der Waals surface area contributed by atoms with E-state index >= 15 is 0 Å². The van der Waals surface area contributed by atoms with Gasteiger partial charge in [0.05, 0.1) is 22.9 Å². The lowest BCUT2D eigenvalue weighted by molar-refractivity contribution is 0.0526. The first-order chi connectivity index (χ1) is 6.56. The number of anilines is 1. The highest BCUT2D eigenvalue weighted by Gasteiger charge is 2.13. The zero-order valence-electron chi connectivity index (χ0n) is 8.13. The first kappa shape index (κ1) is 10.9. The van der Waals surface area contributed by atoms with Crippen molar-refractivity contribution < 1.29 is 9.53 Å². The summed E-state index contributed by atoms with van der Waals surface area (Å²) in [6.07, 6.45) is 0. The van der Waals surface area contributed by atoms with E-state index in [0.717, 1.165) is 5.56 Å². The third-order valence-electron chi connectivity index (χ3n) is 1.74. The predicted molar refractivity (Wildman–Crippen MR) is 56.6 cm³/mol. The largest absolute Gasteiger partial charge is 0.462 e. The van der Waals surface area contributed by atoms with Gasteiger partial charge in [-0.25, -0.2) is 4.79 Å². The number of nitrogen functional groups attached to an aromatic ring is 1. The van der Waals surface area contributed by atoms with Gasteiger partial charge >= 0.3 is 5.97 Å². The number of halogens is 1. The van der Waals surface area contributed by atoms with Crippen LogP contribution in [0.3, 0.4) is 0 Å². The van der Waals surface area contributed by atoms with Crippen LogP contribution >= 0.6 is 11.6 Å². The van der Waals surface area contributed by atoms with Gasteiger partial charge in [-0.05, 0) is 31.5 Å². The number of carbonyl (C=O) groups is 1. The van der Waals surface area contributed by atoms with Crippen molar-refractivity contribution in [2.75, 3.05) is 12.3 Å². The molecule has 0 heterocycles. The van der Waals surface area contributed by atoms with Crippen LogP contribution in [0.4, 0.5) is 5.69 Å². The first-order valence-corrected chi connectivity index (χ1v) is 4.66. The van der Waals surface area contributed by atoms with E-state index in [0.29, 0.717) is 17.9 Å². The summed E-state index contributed by atoms with van der Waals surface area (Å²) in [5.74, 6) is -0.437. The molecule has 0 bridgehead atoms. The van der Waals surface area contributed by atoms with Gasteiger partial charge in [-0.15, -0.1) is 0 Å². The van der Waals surface area contributed by atoms with E-state index in [9.17, 15) is 4.79 Å². The monoisotopic (exact) mass is 213 g/mol. The molecule has 0 aliphatic rings. The number of hydrogen-bond acceptors (Lipinski definition) is 3. The second kappa shape index (κ2) is 4.33. The lowest BCUT2D eigenvalue weighted by Gasteiger charge is -2.07. The number of aryl methyl sites for hydroxylation is 1. The maximum Gasteiger partial charge on any atom is 0.339 e. The van der Waals surface area contributed by atoms with Crippen molar-refractivity contribution in [3.05, 3.63) is 28.3 Å². The third-order valence-corrected chi connectivity index (χ3v) is 2.16. The molecule has 0 saturated carbocycles. The van der Waals surface area contributed by atoms with Gasteiger partial charge in [-0.1, -0.05) is 11.6 Å². The van der Waals surface area contributed by atoms with E-state index in [-0.39, 0.29) is 5.02 Å². The summed E-state index contributed by atoms with van der Waals surface area (Å²) in [5, 5.41) is 0.258. The maximum atomic E-state index is 11.4. The second-order valence-electron chi connectivity index (χ2n) is 2.94. The Bertz CT molecular complexity index is 363. The van der Waals surface area contributed by atoms with Crippen molar-refractivity contribution in [1.82, 2.24) is 0 Å². The number of benzene rings is 1. The third kappa shape index (κ3) is 2.17. The van der Waals surface area contributed by atoms with E-state index in [1.807, 2.05) is 6.92 Å². The number of carbonyl (C=O) groups excluding carboxylic acids is 1. The van der Waals surface area contributed by atoms with E-state index in [1.54, 1.807) is 19.1 Å². The Morgan fingerprint density at radius 2 is 2.21 bits per heavy atom. The summed E-state index contributed by atoms with van der Waals surface area (Å²) in [4.78, 5) is 11.4. The molecule has 1 rings (SSSR count).